The van der Waals surface area contributed by atoms with Gasteiger partial charge < -0.3 is 10.2 Å². The zero-order chi connectivity index (χ0) is 14.9. The molecule has 0 saturated heterocycles. The number of amides is 1. The third-order valence-electron chi connectivity index (χ3n) is 2.49. The fourth-order valence-corrected chi connectivity index (χ4v) is 2.27. The highest BCUT2D eigenvalue weighted by atomic mass is 32.2. The van der Waals surface area contributed by atoms with E-state index in [1.807, 2.05) is 19.0 Å². The van der Waals surface area contributed by atoms with Gasteiger partial charge in [0.1, 0.15) is 0 Å². The summed E-state index contributed by atoms with van der Waals surface area (Å²) in [6.45, 7) is 5.44. The van der Waals surface area contributed by atoms with Gasteiger partial charge in [0, 0.05) is 26.1 Å². The summed E-state index contributed by atoms with van der Waals surface area (Å²) < 4.78 is 24.1. The number of carbonyl (C=O) groups is 1. The Kier molecular flexibility index (Phi) is 8.62. The number of hydrogen-bond donors (Lipinski definition) is 1. The standard InChI is InChI=1S/C12H25N3O3S/c1-5-9-15(19(4,17)18)11-7-12(16)13-8-6-10-14(2)3/h5H,1,6-11H2,2-4H3,(H,13,16). The van der Waals surface area contributed by atoms with Gasteiger partial charge >= 0.3 is 0 Å². The summed E-state index contributed by atoms with van der Waals surface area (Å²) in [6, 6.07) is 0. The van der Waals surface area contributed by atoms with Gasteiger partial charge in [-0.25, -0.2) is 8.42 Å². The second-order valence-corrected chi connectivity index (χ2v) is 6.65. The molecule has 1 amide bonds. The lowest BCUT2D eigenvalue weighted by Gasteiger charge is -2.17. The molecule has 1 N–H and O–H groups in total. The summed E-state index contributed by atoms with van der Waals surface area (Å²) >= 11 is 0. The highest BCUT2D eigenvalue weighted by Gasteiger charge is 2.15. The summed E-state index contributed by atoms with van der Waals surface area (Å²) in [5.41, 5.74) is 0. The van der Waals surface area contributed by atoms with Gasteiger partial charge in [0.2, 0.25) is 15.9 Å². The minimum atomic E-state index is -3.28. The zero-order valence-corrected chi connectivity index (χ0v) is 12.9. The molecule has 0 saturated carbocycles. The highest BCUT2D eigenvalue weighted by molar-refractivity contribution is 7.88. The van der Waals surface area contributed by atoms with Crippen LogP contribution in [0.2, 0.25) is 0 Å². The monoisotopic (exact) mass is 291 g/mol. The predicted octanol–water partition coefficient (Wildman–Crippen LogP) is -0.108. The van der Waals surface area contributed by atoms with Crippen LogP contribution in [0.25, 0.3) is 0 Å². The molecule has 0 aromatic rings. The second kappa shape index (κ2) is 9.06. The molecule has 0 fully saturated rings. The third kappa shape index (κ3) is 9.63. The average molecular weight is 291 g/mol. The lowest BCUT2D eigenvalue weighted by atomic mass is 10.3. The van der Waals surface area contributed by atoms with Gasteiger partial charge in [0.05, 0.1) is 6.26 Å². The first-order valence-electron chi connectivity index (χ1n) is 6.24. The van der Waals surface area contributed by atoms with Crippen molar-refractivity contribution in [3.05, 3.63) is 12.7 Å². The maximum Gasteiger partial charge on any atom is 0.221 e. The van der Waals surface area contributed by atoms with Crippen LogP contribution in [-0.2, 0) is 14.8 Å². The van der Waals surface area contributed by atoms with Crippen molar-refractivity contribution in [2.45, 2.75) is 12.8 Å². The molecule has 0 bridgehead atoms. The second-order valence-electron chi connectivity index (χ2n) is 4.67. The van der Waals surface area contributed by atoms with Crippen LogP contribution in [0.15, 0.2) is 12.7 Å². The van der Waals surface area contributed by atoms with Crippen molar-refractivity contribution in [2.24, 2.45) is 0 Å². The Morgan fingerprint density at radius 3 is 2.42 bits per heavy atom. The van der Waals surface area contributed by atoms with Crippen LogP contribution < -0.4 is 5.32 Å². The van der Waals surface area contributed by atoms with Crippen LogP contribution in [0.3, 0.4) is 0 Å². The van der Waals surface area contributed by atoms with Crippen molar-refractivity contribution in [3.8, 4) is 0 Å². The molecule has 0 aromatic heterocycles. The minimum absolute atomic E-state index is 0.128. The van der Waals surface area contributed by atoms with Crippen LogP contribution in [0.5, 0.6) is 0 Å². The Hall–Kier alpha value is -0.920. The number of nitrogens with zero attached hydrogens (tertiary/aromatic N) is 2. The molecule has 19 heavy (non-hydrogen) atoms. The summed E-state index contributed by atoms with van der Waals surface area (Å²) in [5.74, 6) is -0.128. The van der Waals surface area contributed by atoms with Crippen molar-refractivity contribution < 1.29 is 13.2 Å². The molecule has 0 rings (SSSR count). The van der Waals surface area contributed by atoms with Crippen LogP contribution in [0.1, 0.15) is 12.8 Å². The van der Waals surface area contributed by atoms with Crippen molar-refractivity contribution in [1.29, 1.82) is 0 Å². The normalized spacial score (nSPS) is 11.8. The molecular formula is C12H25N3O3S. The number of nitrogens with one attached hydrogen (secondary N) is 1. The van der Waals surface area contributed by atoms with E-state index < -0.39 is 10.0 Å². The first-order chi connectivity index (χ1) is 8.77. The van der Waals surface area contributed by atoms with E-state index in [4.69, 9.17) is 0 Å². The Bertz CT molecular complexity index is 380. The van der Waals surface area contributed by atoms with E-state index in [2.05, 4.69) is 11.9 Å². The molecule has 0 heterocycles. The summed E-state index contributed by atoms with van der Waals surface area (Å²) in [7, 11) is 0.663. The number of rotatable bonds is 10. The van der Waals surface area contributed by atoms with Crippen molar-refractivity contribution >= 4 is 15.9 Å². The van der Waals surface area contributed by atoms with Gasteiger partial charge in [0.25, 0.3) is 0 Å². The molecule has 0 spiro atoms. The largest absolute Gasteiger partial charge is 0.356 e. The number of sulfonamides is 1. The molecule has 0 aliphatic rings. The van der Waals surface area contributed by atoms with Gasteiger partial charge in [-0.05, 0) is 27.1 Å². The molecule has 0 aliphatic carbocycles. The van der Waals surface area contributed by atoms with Crippen molar-refractivity contribution in [1.82, 2.24) is 14.5 Å². The van der Waals surface area contributed by atoms with Gasteiger partial charge in [0.15, 0.2) is 0 Å². The Morgan fingerprint density at radius 2 is 1.95 bits per heavy atom. The summed E-state index contributed by atoms with van der Waals surface area (Å²) in [6.07, 6.45) is 3.69. The van der Waals surface area contributed by atoms with E-state index in [0.717, 1.165) is 19.2 Å². The zero-order valence-electron chi connectivity index (χ0n) is 12.1. The van der Waals surface area contributed by atoms with E-state index in [1.165, 1.54) is 10.4 Å². The SMILES string of the molecule is C=CCN(CCC(=O)NCCCN(C)C)S(C)(=O)=O. The van der Waals surface area contributed by atoms with Crippen molar-refractivity contribution in [2.75, 3.05) is 46.5 Å². The maximum atomic E-state index is 11.6. The Labute approximate surface area is 116 Å². The smallest absolute Gasteiger partial charge is 0.221 e. The molecule has 112 valence electrons. The molecule has 6 nitrogen and oxygen atoms in total. The van der Waals surface area contributed by atoms with E-state index in [-0.39, 0.29) is 25.4 Å². The summed E-state index contributed by atoms with van der Waals surface area (Å²) in [4.78, 5) is 13.6. The molecule has 0 unspecified atom stereocenters. The van der Waals surface area contributed by atoms with Crippen LogP contribution in [0.4, 0.5) is 0 Å². The topological polar surface area (TPSA) is 69.7 Å². The first kappa shape index (κ1) is 18.1. The lowest BCUT2D eigenvalue weighted by Crippen LogP contribution is -2.35. The molecule has 0 aliphatic heterocycles. The van der Waals surface area contributed by atoms with Gasteiger partial charge in [-0.2, -0.15) is 4.31 Å². The fraction of sp³-hybridized carbons (Fsp3) is 0.750. The quantitative estimate of drug-likeness (QED) is 0.450. The maximum absolute atomic E-state index is 11.6. The van der Waals surface area contributed by atoms with Gasteiger partial charge in [-0.3, -0.25) is 4.79 Å². The molecule has 0 aromatic carbocycles. The van der Waals surface area contributed by atoms with Gasteiger partial charge in [-0.1, -0.05) is 6.08 Å². The third-order valence-corrected chi connectivity index (χ3v) is 3.76. The Balaban J connectivity index is 3.96. The van der Waals surface area contributed by atoms with Gasteiger partial charge in [-0.15, -0.1) is 6.58 Å². The highest BCUT2D eigenvalue weighted by Crippen LogP contribution is 1.99. The van der Waals surface area contributed by atoms with Crippen molar-refractivity contribution in [3.63, 3.8) is 0 Å². The Morgan fingerprint density at radius 1 is 1.32 bits per heavy atom. The molecular weight excluding hydrogens is 266 g/mol. The average Bonchev–Trinajstić information content (AvgIpc) is 2.28. The van der Waals surface area contributed by atoms with E-state index >= 15 is 0 Å². The molecule has 0 radical (unpaired) electrons. The van der Waals surface area contributed by atoms with Crippen LogP contribution in [-0.4, -0.2) is 70.1 Å². The number of carbonyl (C=O) groups excluding carboxylic acids is 1. The van der Waals surface area contributed by atoms with E-state index in [9.17, 15) is 13.2 Å². The first-order valence-corrected chi connectivity index (χ1v) is 8.09. The summed E-state index contributed by atoms with van der Waals surface area (Å²) in [5, 5.41) is 2.77. The molecule has 0 atom stereocenters. The minimum Gasteiger partial charge on any atom is -0.356 e. The predicted molar refractivity (Wildman–Crippen MR) is 77.4 cm³/mol. The van der Waals surface area contributed by atoms with Crippen LogP contribution in [0, 0.1) is 0 Å². The molecule has 7 heteroatoms. The number of hydrogen-bond acceptors (Lipinski definition) is 4. The fourth-order valence-electron chi connectivity index (χ4n) is 1.47. The lowest BCUT2D eigenvalue weighted by molar-refractivity contribution is -0.121. The van der Waals surface area contributed by atoms with E-state index in [0.29, 0.717) is 6.54 Å². The van der Waals surface area contributed by atoms with E-state index in [1.54, 1.807) is 0 Å². The van der Waals surface area contributed by atoms with Crippen LogP contribution >= 0.6 is 0 Å².